The maximum atomic E-state index is 13.2. The van der Waals surface area contributed by atoms with Gasteiger partial charge < -0.3 is 19.7 Å². The minimum absolute atomic E-state index is 0.0351. The molecule has 0 saturated carbocycles. The number of nitrogens with zero attached hydrogens (tertiary/aromatic N) is 2. The fourth-order valence-corrected chi connectivity index (χ4v) is 1.75. The number of benzene rings is 1. The summed E-state index contributed by atoms with van der Waals surface area (Å²) in [4.78, 5) is 3.80. The predicted octanol–water partition coefficient (Wildman–Crippen LogP) is 2.23. The molecule has 6 nitrogen and oxygen atoms in total. The SMILES string of the molecule is COc1cc(-c2noc(CN)n2)c(C(F)(F)F)cc1OC. The molecule has 0 unspecified atom stereocenters. The van der Waals surface area contributed by atoms with Gasteiger partial charge in [-0.25, -0.2) is 0 Å². The number of nitrogens with two attached hydrogens (primary N) is 1. The summed E-state index contributed by atoms with van der Waals surface area (Å²) in [5.41, 5.74) is 4.08. The van der Waals surface area contributed by atoms with Crippen LogP contribution in [0.25, 0.3) is 11.4 Å². The molecule has 0 aliphatic carbocycles. The lowest BCUT2D eigenvalue weighted by Gasteiger charge is -2.15. The van der Waals surface area contributed by atoms with E-state index in [1.54, 1.807) is 0 Å². The Balaban J connectivity index is 2.66. The Labute approximate surface area is 117 Å². The zero-order valence-electron chi connectivity index (χ0n) is 11.2. The average molecular weight is 303 g/mol. The summed E-state index contributed by atoms with van der Waals surface area (Å²) in [6.07, 6.45) is -4.61. The minimum atomic E-state index is -4.61. The summed E-state index contributed by atoms with van der Waals surface area (Å²) in [6, 6.07) is 1.97. The van der Waals surface area contributed by atoms with Crippen molar-refractivity contribution in [2.45, 2.75) is 12.7 Å². The third-order valence-electron chi connectivity index (χ3n) is 2.71. The first-order valence-electron chi connectivity index (χ1n) is 5.77. The molecule has 2 aromatic rings. The van der Waals surface area contributed by atoms with Crippen LogP contribution < -0.4 is 15.2 Å². The van der Waals surface area contributed by atoms with E-state index in [1.807, 2.05) is 0 Å². The molecule has 114 valence electrons. The molecule has 1 aromatic heterocycles. The van der Waals surface area contributed by atoms with Gasteiger partial charge in [-0.15, -0.1) is 0 Å². The first kappa shape index (κ1) is 15.1. The highest BCUT2D eigenvalue weighted by Crippen LogP contribution is 2.42. The second-order valence-corrected chi connectivity index (χ2v) is 3.97. The maximum Gasteiger partial charge on any atom is 0.417 e. The van der Waals surface area contributed by atoms with E-state index < -0.39 is 11.7 Å². The first-order chi connectivity index (χ1) is 9.90. The fourth-order valence-electron chi connectivity index (χ4n) is 1.75. The topological polar surface area (TPSA) is 83.4 Å². The van der Waals surface area contributed by atoms with Crippen molar-refractivity contribution < 1.29 is 27.2 Å². The van der Waals surface area contributed by atoms with E-state index in [0.29, 0.717) is 0 Å². The molecule has 0 atom stereocenters. The smallest absolute Gasteiger partial charge is 0.417 e. The van der Waals surface area contributed by atoms with Crippen LogP contribution in [0.4, 0.5) is 13.2 Å². The molecule has 1 aromatic carbocycles. The van der Waals surface area contributed by atoms with Gasteiger partial charge >= 0.3 is 6.18 Å². The van der Waals surface area contributed by atoms with Crippen molar-refractivity contribution in [2.24, 2.45) is 5.73 Å². The highest BCUT2D eigenvalue weighted by Gasteiger charge is 2.36. The monoisotopic (exact) mass is 303 g/mol. The molecule has 0 aliphatic heterocycles. The van der Waals surface area contributed by atoms with Gasteiger partial charge in [-0.1, -0.05) is 5.16 Å². The fraction of sp³-hybridized carbons (Fsp3) is 0.333. The van der Waals surface area contributed by atoms with E-state index in [0.717, 1.165) is 12.1 Å². The molecule has 1 heterocycles. The van der Waals surface area contributed by atoms with Gasteiger partial charge in [0, 0.05) is 5.56 Å². The molecule has 0 saturated heterocycles. The molecule has 21 heavy (non-hydrogen) atoms. The number of alkyl halides is 3. The Morgan fingerprint density at radius 1 is 1.19 bits per heavy atom. The third-order valence-corrected chi connectivity index (χ3v) is 2.71. The Hall–Kier alpha value is -2.29. The summed E-state index contributed by atoms with van der Waals surface area (Å²) in [5, 5.41) is 3.50. The van der Waals surface area contributed by atoms with Crippen LogP contribution >= 0.6 is 0 Å². The minimum Gasteiger partial charge on any atom is -0.493 e. The number of hydrogen-bond donors (Lipinski definition) is 1. The number of rotatable bonds is 4. The van der Waals surface area contributed by atoms with Gasteiger partial charge in [0.15, 0.2) is 11.5 Å². The highest BCUT2D eigenvalue weighted by molar-refractivity contribution is 5.66. The maximum absolute atomic E-state index is 13.2. The molecule has 0 spiro atoms. The molecule has 0 aliphatic rings. The second-order valence-electron chi connectivity index (χ2n) is 3.97. The Morgan fingerprint density at radius 2 is 1.81 bits per heavy atom. The number of ether oxygens (including phenoxy) is 2. The van der Waals surface area contributed by atoms with Crippen LogP contribution in [0.15, 0.2) is 16.7 Å². The van der Waals surface area contributed by atoms with E-state index in [1.165, 1.54) is 14.2 Å². The lowest BCUT2D eigenvalue weighted by atomic mass is 10.1. The summed E-state index contributed by atoms with van der Waals surface area (Å²) in [5.74, 6) is -0.104. The van der Waals surface area contributed by atoms with Crippen LogP contribution in [-0.4, -0.2) is 24.4 Å². The van der Waals surface area contributed by atoms with E-state index in [9.17, 15) is 13.2 Å². The Kier molecular flexibility index (Phi) is 4.03. The Morgan fingerprint density at radius 3 is 2.29 bits per heavy atom. The van der Waals surface area contributed by atoms with E-state index in [2.05, 4.69) is 10.1 Å². The zero-order chi connectivity index (χ0) is 15.6. The molecule has 2 N–H and O–H groups in total. The highest BCUT2D eigenvalue weighted by atomic mass is 19.4. The third kappa shape index (κ3) is 2.92. The van der Waals surface area contributed by atoms with Crippen LogP contribution in [0.2, 0.25) is 0 Å². The number of hydrogen-bond acceptors (Lipinski definition) is 6. The predicted molar refractivity (Wildman–Crippen MR) is 65.7 cm³/mol. The van der Waals surface area contributed by atoms with E-state index in [4.69, 9.17) is 19.7 Å². The van der Waals surface area contributed by atoms with Crippen molar-refractivity contribution in [1.29, 1.82) is 0 Å². The standard InChI is InChI=1S/C12H12F3N3O3/c1-19-8-3-6(11-17-10(5-16)21-18-11)7(12(13,14)15)4-9(8)20-2/h3-4H,5,16H2,1-2H3. The van der Waals surface area contributed by atoms with Gasteiger partial charge in [-0.3, -0.25) is 0 Å². The van der Waals surface area contributed by atoms with E-state index >= 15 is 0 Å². The number of methoxy groups -OCH3 is 2. The van der Waals surface area contributed by atoms with E-state index in [-0.39, 0.29) is 35.3 Å². The summed E-state index contributed by atoms with van der Waals surface area (Å²) in [6.45, 7) is -0.0678. The lowest BCUT2D eigenvalue weighted by Crippen LogP contribution is -2.09. The summed E-state index contributed by atoms with van der Waals surface area (Å²) < 4.78 is 54.1. The van der Waals surface area contributed by atoms with Crippen LogP contribution in [0, 0.1) is 0 Å². The van der Waals surface area contributed by atoms with Gasteiger partial charge in [0.2, 0.25) is 11.7 Å². The Bertz CT molecular complexity index is 640. The second kappa shape index (κ2) is 5.60. The van der Waals surface area contributed by atoms with Gasteiger partial charge in [0.1, 0.15) is 0 Å². The quantitative estimate of drug-likeness (QED) is 0.932. The molecule has 0 amide bonds. The summed E-state index contributed by atoms with van der Waals surface area (Å²) in [7, 11) is 2.56. The van der Waals surface area contributed by atoms with Crippen molar-refractivity contribution in [3.63, 3.8) is 0 Å². The van der Waals surface area contributed by atoms with Gasteiger partial charge in [-0.05, 0) is 12.1 Å². The van der Waals surface area contributed by atoms with Crippen LogP contribution in [0.3, 0.4) is 0 Å². The van der Waals surface area contributed by atoms with Crippen LogP contribution in [0.5, 0.6) is 11.5 Å². The summed E-state index contributed by atoms with van der Waals surface area (Å²) >= 11 is 0. The molecule has 2 rings (SSSR count). The molecular weight excluding hydrogens is 291 g/mol. The van der Waals surface area contributed by atoms with Crippen molar-refractivity contribution >= 4 is 0 Å². The van der Waals surface area contributed by atoms with Crippen molar-refractivity contribution in [3.8, 4) is 22.9 Å². The van der Waals surface area contributed by atoms with Crippen molar-refractivity contribution in [3.05, 3.63) is 23.6 Å². The van der Waals surface area contributed by atoms with Crippen LogP contribution in [-0.2, 0) is 12.7 Å². The van der Waals surface area contributed by atoms with Crippen molar-refractivity contribution in [1.82, 2.24) is 10.1 Å². The number of halogens is 3. The molecule has 0 radical (unpaired) electrons. The zero-order valence-corrected chi connectivity index (χ0v) is 11.2. The molecule has 0 fully saturated rings. The lowest BCUT2D eigenvalue weighted by molar-refractivity contribution is -0.137. The first-order valence-corrected chi connectivity index (χ1v) is 5.77. The average Bonchev–Trinajstić information content (AvgIpc) is 2.93. The van der Waals surface area contributed by atoms with Gasteiger partial charge in [0.05, 0.1) is 26.3 Å². The van der Waals surface area contributed by atoms with Crippen molar-refractivity contribution in [2.75, 3.05) is 14.2 Å². The molecule has 9 heteroatoms. The molecule has 0 bridgehead atoms. The normalized spacial score (nSPS) is 11.5. The van der Waals surface area contributed by atoms with Gasteiger partial charge in [-0.2, -0.15) is 18.2 Å². The van der Waals surface area contributed by atoms with Gasteiger partial charge in [0.25, 0.3) is 0 Å². The van der Waals surface area contributed by atoms with Crippen LogP contribution in [0.1, 0.15) is 11.5 Å². The molecular formula is C12H12F3N3O3. The largest absolute Gasteiger partial charge is 0.493 e. The number of aromatic nitrogens is 2.